The fraction of sp³-hybridized carbons (Fsp3) is 0.174. The van der Waals surface area contributed by atoms with E-state index < -0.39 is 0 Å². The van der Waals surface area contributed by atoms with E-state index in [0.717, 1.165) is 39.6 Å². The van der Waals surface area contributed by atoms with Crippen LogP contribution in [0.25, 0.3) is 0 Å². The van der Waals surface area contributed by atoms with Gasteiger partial charge in [-0.2, -0.15) is 5.10 Å². The first-order valence-electron chi connectivity index (χ1n) is 9.23. The van der Waals surface area contributed by atoms with Crippen LogP contribution in [0.3, 0.4) is 0 Å². The Labute approximate surface area is 174 Å². The van der Waals surface area contributed by atoms with E-state index in [0.29, 0.717) is 5.02 Å². The number of rotatable bonds is 2. The summed E-state index contributed by atoms with van der Waals surface area (Å²) in [5.74, 6) is 0.865. The van der Waals surface area contributed by atoms with Crippen LogP contribution in [0.15, 0.2) is 71.8 Å². The lowest BCUT2D eigenvalue weighted by molar-refractivity contribution is -0.0190. The van der Waals surface area contributed by atoms with E-state index in [1.807, 2.05) is 42.5 Å². The van der Waals surface area contributed by atoms with Crippen LogP contribution in [0.5, 0.6) is 5.75 Å². The highest BCUT2D eigenvalue weighted by Crippen LogP contribution is 2.48. The molecule has 2 atom stereocenters. The number of hydrazone groups is 1. The van der Waals surface area contributed by atoms with Crippen molar-refractivity contribution in [2.75, 3.05) is 0 Å². The number of aryl methyl sites for hydroxylation is 1. The molecule has 5 heteroatoms. The largest absolute Gasteiger partial charge is 0.464 e. The molecule has 0 bridgehead atoms. The molecule has 0 spiro atoms. The molecular weight excluding hydrogens is 391 g/mol. The van der Waals surface area contributed by atoms with Crippen LogP contribution in [-0.4, -0.2) is 10.7 Å². The van der Waals surface area contributed by atoms with Gasteiger partial charge >= 0.3 is 0 Å². The Bertz CT molecular complexity index is 1060. The van der Waals surface area contributed by atoms with Gasteiger partial charge in [-0.15, -0.1) is 0 Å². The minimum atomic E-state index is -0.274. The molecule has 3 nitrogen and oxygen atoms in total. The zero-order valence-electron chi connectivity index (χ0n) is 15.3. The minimum absolute atomic E-state index is 0.0828. The maximum atomic E-state index is 6.37. The fourth-order valence-corrected chi connectivity index (χ4v) is 4.13. The zero-order chi connectivity index (χ0) is 19.3. The first kappa shape index (κ1) is 17.6. The number of hydrogen-bond acceptors (Lipinski definition) is 3. The lowest BCUT2D eigenvalue weighted by atomic mass is 9.96. The number of nitrogens with zero attached hydrogens (tertiary/aromatic N) is 2. The van der Waals surface area contributed by atoms with Gasteiger partial charge in [0.15, 0.2) is 0 Å². The fourth-order valence-electron chi connectivity index (χ4n) is 3.83. The molecule has 0 N–H and O–H groups in total. The van der Waals surface area contributed by atoms with E-state index in [2.05, 4.69) is 36.2 Å². The number of ether oxygens (including phenoxy) is 1. The zero-order valence-corrected chi connectivity index (χ0v) is 16.8. The summed E-state index contributed by atoms with van der Waals surface area (Å²) in [6.45, 7) is 2.08. The van der Waals surface area contributed by atoms with Crippen molar-refractivity contribution in [2.45, 2.75) is 25.6 Å². The molecule has 3 aromatic rings. The van der Waals surface area contributed by atoms with Crippen molar-refractivity contribution < 1.29 is 4.74 Å². The monoisotopic (exact) mass is 408 g/mol. The molecule has 0 fully saturated rings. The van der Waals surface area contributed by atoms with Crippen LogP contribution in [-0.2, 0) is 0 Å². The molecule has 0 aromatic heterocycles. The second-order valence-electron chi connectivity index (χ2n) is 7.22. The highest BCUT2D eigenvalue weighted by atomic mass is 35.5. The van der Waals surface area contributed by atoms with Crippen LogP contribution in [0, 0.1) is 6.92 Å². The van der Waals surface area contributed by atoms with Gasteiger partial charge < -0.3 is 4.74 Å². The smallest absolute Gasteiger partial charge is 0.213 e. The molecule has 28 heavy (non-hydrogen) atoms. The standard InChI is InChI=1S/C23H18Cl2N2O/c1-14-2-4-16(5-3-14)23-27-21(19-12-18(25)10-11-22(19)28-23)13-20(26-27)15-6-8-17(24)9-7-15/h2-12,21,23H,13H2,1H3/t21-,23-/m1/s1. The Morgan fingerprint density at radius 2 is 1.64 bits per heavy atom. The first-order chi connectivity index (χ1) is 13.6. The summed E-state index contributed by atoms with van der Waals surface area (Å²) in [4.78, 5) is 0. The molecule has 0 radical (unpaired) electrons. The SMILES string of the molecule is Cc1ccc([C@H]2Oc3ccc(Cl)cc3[C@H]3CC(c4ccc(Cl)cc4)=NN32)cc1. The Hall–Kier alpha value is -2.49. The van der Waals surface area contributed by atoms with Crippen molar-refractivity contribution in [3.63, 3.8) is 0 Å². The third-order valence-corrected chi connectivity index (χ3v) is 5.78. The van der Waals surface area contributed by atoms with E-state index in [1.165, 1.54) is 5.56 Å². The molecule has 0 amide bonds. The van der Waals surface area contributed by atoms with E-state index in [-0.39, 0.29) is 12.3 Å². The van der Waals surface area contributed by atoms with Crippen LogP contribution < -0.4 is 4.74 Å². The average Bonchev–Trinajstić information content (AvgIpc) is 3.14. The van der Waals surface area contributed by atoms with Gasteiger partial charge in [-0.1, -0.05) is 65.2 Å². The quantitative estimate of drug-likeness (QED) is 0.480. The average molecular weight is 409 g/mol. The van der Waals surface area contributed by atoms with Crippen molar-refractivity contribution in [3.8, 4) is 5.75 Å². The molecular formula is C23H18Cl2N2O. The number of fused-ring (bicyclic) bond motifs is 3. The highest BCUT2D eigenvalue weighted by Gasteiger charge is 2.41. The molecule has 0 aliphatic carbocycles. The molecule has 2 heterocycles. The van der Waals surface area contributed by atoms with Gasteiger partial charge in [-0.25, -0.2) is 5.01 Å². The predicted octanol–water partition coefficient (Wildman–Crippen LogP) is 6.54. The van der Waals surface area contributed by atoms with E-state index >= 15 is 0 Å². The summed E-state index contributed by atoms with van der Waals surface area (Å²) in [7, 11) is 0. The van der Waals surface area contributed by atoms with Gasteiger partial charge in [0, 0.05) is 27.6 Å². The second kappa shape index (κ2) is 6.84. The van der Waals surface area contributed by atoms with Crippen molar-refractivity contribution in [1.82, 2.24) is 5.01 Å². The lowest BCUT2D eigenvalue weighted by Crippen LogP contribution is -2.33. The normalized spacial score (nSPS) is 20.2. The van der Waals surface area contributed by atoms with Gasteiger partial charge in [-0.05, 0) is 42.8 Å². The van der Waals surface area contributed by atoms with Crippen LogP contribution in [0.1, 0.15) is 40.9 Å². The molecule has 0 saturated heterocycles. The summed E-state index contributed by atoms with van der Waals surface area (Å²) in [5, 5.41) is 8.45. The summed E-state index contributed by atoms with van der Waals surface area (Å²) in [6.07, 6.45) is 0.518. The van der Waals surface area contributed by atoms with Crippen LogP contribution >= 0.6 is 23.2 Å². The van der Waals surface area contributed by atoms with E-state index in [9.17, 15) is 0 Å². The summed E-state index contributed by atoms with van der Waals surface area (Å²) >= 11 is 12.3. The molecule has 2 aliphatic heterocycles. The van der Waals surface area contributed by atoms with E-state index in [1.54, 1.807) is 0 Å². The molecule has 140 valence electrons. The highest BCUT2D eigenvalue weighted by molar-refractivity contribution is 6.31. The predicted molar refractivity (Wildman–Crippen MR) is 113 cm³/mol. The number of halogens is 2. The lowest BCUT2D eigenvalue weighted by Gasteiger charge is -2.38. The molecule has 0 unspecified atom stereocenters. The van der Waals surface area contributed by atoms with Crippen molar-refractivity contribution in [2.24, 2.45) is 5.10 Å². The summed E-state index contributed by atoms with van der Waals surface area (Å²) in [6, 6.07) is 22.1. The maximum absolute atomic E-state index is 6.37. The topological polar surface area (TPSA) is 24.8 Å². The maximum Gasteiger partial charge on any atom is 0.213 e. The van der Waals surface area contributed by atoms with Crippen LogP contribution in [0.2, 0.25) is 10.0 Å². The Balaban J connectivity index is 1.59. The Morgan fingerprint density at radius 1 is 0.929 bits per heavy atom. The van der Waals surface area contributed by atoms with E-state index in [4.69, 9.17) is 33.0 Å². The molecule has 0 saturated carbocycles. The molecule has 2 aliphatic rings. The summed E-state index contributed by atoms with van der Waals surface area (Å²) < 4.78 is 6.37. The third-order valence-electron chi connectivity index (χ3n) is 5.29. The van der Waals surface area contributed by atoms with Crippen LogP contribution in [0.4, 0.5) is 0 Å². The molecule has 5 rings (SSSR count). The van der Waals surface area contributed by atoms with Gasteiger partial charge in [0.2, 0.25) is 6.23 Å². The Morgan fingerprint density at radius 3 is 2.39 bits per heavy atom. The van der Waals surface area contributed by atoms with Crippen molar-refractivity contribution in [3.05, 3.63) is 99.0 Å². The van der Waals surface area contributed by atoms with Crippen molar-refractivity contribution in [1.29, 1.82) is 0 Å². The Kier molecular flexibility index (Phi) is 4.30. The first-order valence-corrected chi connectivity index (χ1v) is 9.98. The van der Waals surface area contributed by atoms with Gasteiger partial charge in [0.05, 0.1) is 11.8 Å². The molecule has 3 aromatic carbocycles. The minimum Gasteiger partial charge on any atom is -0.464 e. The third kappa shape index (κ3) is 3.05. The second-order valence-corrected chi connectivity index (χ2v) is 8.09. The number of benzene rings is 3. The number of hydrogen-bond donors (Lipinski definition) is 0. The van der Waals surface area contributed by atoms with Crippen molar-refractivity contribution >= 4 is 28.9 Å². The van der Waals surface area contributed by atoms with Gasteiger partial charge in [-0.3, -0.25) is 0 Å². The van der Waals surface area contributed by atoms with Gasteiger partial charge in [0.25, 0.3) is 0 Å². The van der Waals surface area contributed by atoms with Gasteiger partial charge in [0.1, 0.15) is 5.75 Å². The summed E-state index contributed by atoms with van der Waals surface area (Å²) in [5.41, 5.74) is 5.47.